The Morgan fingerprint density at radius 2 is 2.12 bits per heavy atom. The van der Waals surface area contributed by atoms with Gasteiger partial charge >= 0.3 is 0 Å². The minimum Gasteiger partial charge on any atom is -0.409 e. The lowest BCUT2D eigenvalue weighted by Gasteiger charge is -2.41. The van der Waals surface area contributed by atoms with Gasteiger partial charge in [0.05, 0.1) is 0 Å². The van der Waals surface area contributed by atoms with Gasteiger partial charge in [-0.3, -0.25) is 0 Å². The topological polar surface area (TPSA) is 71.1 Å². The van der Waals surface area contributed by atoms with E-state index < -0.39 is 0 Å². The van der Waals surface area contributed by atoms with Gasteiger partial charge in [0.25, 0.3) is 0 Å². The van der Waals surface area contributed by atoms with Crippen LogP contribution in [0.5, 0.6) is 0 Å². The Morgan fingerprint density at radius 1 is 1.53 bits per heavy atom. The standard InChI is InChI=1S/C12H25N3O2/c1-10(4-9-17-3)15-7-5-12(2,6-8-15)11(13)14-16/h10,16H,4-9H2,1-3H3,(H2,13,14). The number of amidine groups is 1. The quantitative estimate of drug-likeness (QED) is 0.330. The van der Waals surface area contributed by atoms with E-state index in [0.717, 1.165) is 39.0 Å². The average Bonchev–Trinajstić information content (AvgIpc) is 2.35. The molecule has 0 aliphatic carbocycles. The van der Waals surface area contributed by atoms with Crippen molar-refractivity contribution in [3.8, 4) is 0 Å². The van der Waals surface area contributed by atoms with E-state index in [1.165, 1.54) is 0 Å². The fourth-order valence-electron chi connectivity index (χ4n) is 2.31. The molecule has 1 saturated heterocycles. The number of nitrogens with zero attached hydrogens (tertiary/aromatic N) is 2. The first-order valence-corrected chi connectivity index (χ1v) is 6.24. The van der Waals surface area contributed by atoms with Crippen LogP contribution in [-0.2, 0) is 4.74 Å². The van der Waals surface area contributed by atoms with E-state index in [1.54, 1.807) is 7.11 Å². The van der Waals surface area contributed by atoms with E-state index in [-0.39, 0.29) is 5.41 Å². The molecule has 5 nitrogen and oxygen atoms in total. The van der Waals surface area contributed by atoms with Gasteiger partial charge in [-0.1, -0.05) is 12.1 Å². The molecular weight excluding hydrogens is 218 g/mol. The summed E-state index contributed by atoms with van der Waals surface area (Å²) in [5.74, 6) is 0.363. The van der Waals surface area contributed by atoms with Crippen LogP contribution >= 0.6 is 0 Å². The van der Waals surface area contributed by atoms with E-state index in [1.807, 2.05) is 0 Å². The molecule has 0 aromatic heterocycles. The maximum Gasteiger partial charge on any atom is 0.145 e. The Balaban J connectivity index is 2.45. The monoisotopic (exact) mass is 243 g/mol. The van der Waals surface area contributed by atoms with Gasteiger partial charge in [0.1, 0.15) is 5.84 Å². The normalized spacial score (nSPS) is 23.6. The molecule has 1 fully saturated rings. The molecule has 5 heteroatoms. The van der Waals surface area contributed by atoms with Crippen LogP contribution < -0.4 is 5.73 Å². The second kappa shape index (κ2) is 6.21. The van der Waals surface area contributed by atoms with Gasteiger partial charge in [-0.15, -0.1) is 0 Å². The largest absolute Gasteiger partial charge is 0.409 e. The molecule has 0 amide bonds. The second-order valence-electron chi connectivity index (χ2n) is 5.21. The molecule has 0 aromatic carbocycles. The van der Waals surface area contributed by atoms with Gasteiger partial charge in [0.15, 0.2) is 0 Å². The van der Waals surface area contributed by atoms with Crippen LogP contribution in [0.25, 0.3) is 0 Å². The number of ether oxygens (including phenoxy) is 1. The minimum atomic E-state index is -0.147. The maximum absolute atomic E-state index is 8.78. The second-order valence-corrected chi connectivity index (χ2v) is 5.21. The maximum atomic E-state index is 8.78. The number of hydrogen-bond donors (Lipinski definition) is 2. The molecule has 100 valence electrons. The predicted molar refractivity (Wildman–Crippen MR) is 68.3 cm³/mol. The third-order valence-electron chi connectivity index (χ3n) is 3.99. The van der Waals surface area contributed by atoms with E-state index >= 15 is 0 Å². The van der Waals surface area contributed by atoms with Crippen molar-refractivity contribution < 1.29 is 9.94 Å². The number of piperidine rings is 1. The fourth-order valence-corrected chi connectivity index (χ4v) is 2.31. The van der Waals surface area contributed by atoms with Gasteiger partial charge in [-0.25, -0.2) is 0 Å². The predicted octanol–water partition coefficient (Wildman–Crippen LogP) is 1.26. The van der Waals surface area contributed by atoms with Crippen LogP contribution in [0.15, 0.2) is 5.16 Å². The molecule has 17 heavy (non-hydrogen) atoms. The van der Waals surface area contributed by atoms with Gasteiger partial charge < -0.3 is 20.6 Å². The molecule has 1 aliphatic rings. The van der Waals surface area contributed by atoms with E-state index in [0.29, 0.717) is 11.9 Å². The van der Waals surface area contributed by atoms with E-state index in [2.05, 4.69) is 23.9 Å². The molecule has 0 saturated carbocycles. The Morgan fingerprint density at radius 3 is 2.59 bits per heavy atom. The fraction of sp³-hybridized carbons (Fsp3) is 0.917. The summed E-state index contributed by atoms with van der Waals surface area (Å²) in [5.41, 5.74) is 5.60. The van der Waals surface area contributed by atoms with Crippen molar-refractivity contribution in [1.29, 1.82) is 0 Å². The molecular formula is C12H25N3O2. The lowest BCUT2D eigenvalue weighted by molar-refractivity contribution is 0.0951. The zero-order valence-corrected chi connectivity index (χ0v) is 11.1. The van der Waals surface area contributed by atoms with Crippen molar-refractivity contribution in [3.05, 3.63) is 0 Å². The van der Waals surface area contributed by atoms with Crippen LogP contribution in [0.4, 0.5) is 0 Å². The SMILES string of the molecule is COCCC(C)N1CCC(C)(C(N)=NO)CC1. The average molecular weight is 243 g/mol. The Bertz CT molecular complexity index is 260. The van der Waals surface area contributed by atoms with Gasteiger partial charge in [-0.2, -0.15) is 0 Å². The molecule has 0 bridgehead atoms. The van der Waals surface area contributed by atoms with Crippen molar-refractivity contribution in [2.24, 2.45) is 16.3 Å². The molecule has 0 aromatic rings. The summed E-state index contributed by atoms with van der Waals surface area (Å²) in [4.78, 5) is 2.45. The number of nitrogens with two attached hydrogens (primary N) is 1. The molecule has 0 radical (unpaired) electrons. The Kier molecular flexibility index (Phi) is 5.21. The van der Waals surface area contributed by atoms with Crippen molar-refractivity contribution >= 4 is 5.84 Å². The molecule has 1 atom stereocenters. The Labute approximate surface area is 104 Å². The highest BCUT2D eigenvalue weighted by molar-refractivity contribution is 5.85. The zero-order chi connectivity index (χ0) is 12.9. The van der Waals surface area contributed by atoms with Gasteiger partial charge in [0, 0.05) is 25.2 Å². The number of hydrogen-bond acceptors (Lipinski definition) is 4. The van der Waals surface area contributed by atoms with Crippen LogP contribution in [0.3, 0.4) is 0 Å². The summed E-state index contributed by atoms with van der Waals surface area (Å²) in [6.07, 6.45) is 2.94. The number of likely N-dealkylation sites (tertiary alicyclic amines) is 1. The van der Waals surface area contributed by atoms with E-state index in [4.69, 9.17) is 15.7 Å². The van der Waals surface area contributed by atoms with Gasteiger partial charge in [0.2, 0.25) is 0 Å². The van der Waals surface area contributed by atoms with Gasteiger partial charge in [-0.05, 0) is 39.3 Å². The van der Waals surface area contributed by atoms with E-state index in [9.17, 15) is 0 Å². The molecule has 1 aliphatic heterocycles. The smallest absolute Gasteiger partial charge is 0.145 e. The van der Waals surface area contributed by atoms with Crippen LogP contribution in [-0.4, -0.2) is 48.8 Å². The van der Waals surface area contributed by atoms with Crippen molar-refractivity contribution in [2.75, 3.05) is 26.8 Å². The summed E-state index contributed by atoms with van der Waals surface area (Å²) >= 11 is 0. The van der Waals surface area contributed by atoms with Crippen molar-refractivity contribution in [2.45, 2.75) is 39.2 Å². The Hall–Kier alpha value is -0.810. The highest BCUT2D eigenvalue weighted by Crippen LogP contribution is 2.32. The summed E-state index contributed by atoms with van der Waals surface area (Å²) in [6.45, 7) is 7.09. The summed E-state index contributed by atoms with van der Waals surface area (Å²) in [5, 5.41) is 11.9. The third kappa shape index (κ3) is 3.57. The lowest BCUT2D eigenvalue weighted by atomic mass is 9.79. The highest BCUT2D eigenvalue weighted by atomic mass is 16.5. The first-order valence-electron chi connectivity index (χ1n) is 6.24. The number of rotatable bonds is 5. The molecule has 0 spiro atoms. The third-order valence-corrected chi connectivity index (χ3v) is 3.99. The molecule has 1 heterocycles. The number of methoxy groups -OCH3 is 1. The first-order chi connectivity index (χ1) is 8.03. The highest BCUT2D eigenvalue weighted by Gasteiger charge is 2.35. The minimum absolute atomic E-state index is 0.147. The first kappa shape index (κ1) is 14.3. The molecule has 3 N–H and O–H groups in total. The molecule has 1 unspecified atom stereocenters. The van der Waals surface area contributed by atoms with Crippen LogP contribution in [0.1, 0.15) is 33.1 Å². The summed E-state index contributed by atoms with van der Waals surface area (Å²) in [7, 11) is 1.73. The van der Waals surface area contributed by atoms with Crippen molar-refractivity contribution in [1.82, 2.24) is 4.90 Å². The molecule has 1 rings (SSSR count). The zero-order valence-electron chi connectivity index (χ0n) is 11.1. The number of oxime groups is 1. The van der Waals surface area contributed by atoms with Crippen molar-refractivity contribution in [3.63, 3.8) is 0 Å². The van der Waals surface area contributed by atoms with Crippen LogP contribution in [0.2, 0.25) is 0 Å². The van der Waals surface area contributed by atoms with Crippen LogP contribution in [0, 0.1) is 5.41 Å². The lowest BCUT2D eigenvalue weighted by Crippen LogP contribution is -2.48. The summed E-state index contributed by atoms with van der Waals surface area (Å²) < 4.78 is 5.10. The summed E-state index contributed by atoms with van der Waals surface area (Å²) in [6, 6.07) is 0.534.